The van der Waals surface area contributed by atoms with Crippen molar-refractivity contribution < 1.29 is 35.7 Å². The van der Waals surface area contributed by atoms with Crippen molar-refractivity contribution in [3.8, 4) is 0 Å². The maximum Gasteiger partial charge on any atom is 0.433 e. The second-order valence-electron chi connectivity index (χ2n) is 6.90. The van der Waals surface area contributed by atoms with Gasteiger partial charge < -0.3 is 14.6 Å². The highest BCUT2D eigenvalue weighted by Gasteiger charge is 2.32. The van der Waals surface area contributed by atoms with E-state index >= 15 is 0 Å². The molecule has 1 N–H and O–H groups in total. The van der Waals surface area contributed by atoms with E-state index in [0.717, 1.165) is 24.3 Å². The first-order valence-corrected chi connectivity index (χ1v) is 11.0. The number of halogens is 3. The van der Waals surface area contributed by atoms with E-state index in [2.05, 4.69) is 5.32 Å². The third-order valence-corrected chi connectivity index (χ3v) is 6.68. The molecule has 0 radical (unpaired) electrons. The van der Waals surface area contributed by atoms with Gasteiger partial charge in [-0.25, -0.2) is 8.42 Å². The summed E-state index contributed by atoms with van der Waals surface area (Å²) < 4.78 is 69.7. The van der Waals surface area contributed by atoms with Crippen LogP contribution in [0.1, 0.15) is 16.1 Å². The lowest BCUT2D eigenvalue weighted by Gasteiger charge is -2.35. The Kier molecular flexibility index (Phi) is 6.74. The van der Waals surface area contributed by atoms with Crippen LogP contribution < -0.4 is 10.2 Å². The van der Waals surface area contributed by atoms with Gasteiger partial charge in [0.1, 0.15) is 4.92 Å². The Morgan fingerprint density at radius 2 is 1.84 bits per heavy atom. The number of amides is 1. The first-order valence-electron chi connectivity index (χ1n) is 9.40. The van der Waals surface area contributed by atoms with Crippen LogP contribution in [0, 0.1) is 10.1 Å². The molecule has 2 heterocycles. The monoisotopic (exact) mass is 476 g/mol. The summed E-state index contributed by atoms with van der Waals surface area (Å²) in [5, 5.41) is 12.9. The first-order chi connectivity index (χ1) is 15.0. The molecular weight excluding hydrogens is 457 g/mol. The molecule has 174 valence electrons. The number of carbonyl (C=O) groups is 1. The summed E-state index contributed by atoms with van der Waals surface area (Å²) in [4.78, 5) is 23.4. The van der Waals surface area contributed by atoms with E-state index in [1.807, 2.05) is 0 Å². The average molecular weight is 476 g/mol. The summed E-state index contributed by atoms with van der Waals surface area (Å²) in [7, 11) is -3.73. The number of piperazine rings is 1. The van der Waals surface area contributed by atoms with E-state index in [4.69, 9.17) is 4.42 Å². The van der Waals surface area contributed by atoms with Crippen molar-refractivity contribution in [1.29, 1.82) is 0 Å². The molecule has 0 atom stereocenters. The van der Waals surface area contributed by atoms with Crippen LogP contribution in [-0.2, 0) is 16.2 Å². The topological polar surface area (TPSA) is 126 Å². The minimum absolute atomic E-state index is 0.0803. The molecule has 1 aromatic carbocycles. The number of nitrogens with zero attached hydrogens (tertiary/aromatic N) is 3. The van der Waals surface area contributed by atoms with Gasteiger partial charge in [0.25, 0.3) is 5.91 Å². The number of hydrogen-bond donors (Lipinski definition) is 1. The van der Waals surface area contributed by atoms with Crippen LogP contribution in [0.2, 0.25) is 0 Å². The number of benzene rings is 1. The Balaban J connectivity index is 1.51. The van der Waals surface area contributed by atoms with Crippen LogP contribution >= 0.6 is 0 Å². The number of hydrogen-bond acceptors (Lipinski definition) is 7. The predicted octanol–water partition coefficient (Wildman–Crippen LogP) is 2.09. The van der Waals surface area contributed by atoms with Crippen LogP contribution in [0.3, 0.4) is 0 Å². The van der Waals surface area contributed by atoms with Gasteiger partial charge in [-0.15, -0.1) is 0 Å². The fourth-order valence-electron chi connectivity index (χ4n) is 3.16. The van der Waals surface area contributed by atoms with Crippen LogP contribution in [0.25, 0.3) is 0 Å². The third-order valence-electron chi connectivity index (χ3n) is 4.81. The Morgan fingerprint density at radius 1 is 1.16 bits per heavy atom. The van der Waals surface area contributed by atoms with Gasteiger partial charge in [-0.2, -0.15) is 17.5 Å². The highest BCUT2D eigenvalue weighted by atomic mass is 32.2. The molecule has 1 amide bonds. The molecule has 1 fully saturated rings. The number of anilines is 1. The molecule has 0 saturated carbocycles. The molecule has 14 heteroatoms. The molecule has 2 aromatic rings. The van der Waals surface area contributed by atoms with Crippen LogP contribution in [0.15, 0.2) is 40.8 Å². The van der Waals surface area contributed by atoms with Gasteiger partial charge in [-0.05, 0) is 24.3 Å². The summed E-state index contributed by atoms with van der Waals surface area (Å²) in [5.74, 6) is -2.13. The molecular formula is C18H19F3N4O6S. The predicted molar refractivity (Wildman–Crippen MR) is 107 cm³/mol. The standard InChI is InChI=1S/C18H19F3N4O6S/c19-18(20,21)13-2-1-3-14(12-13)23-7-9-24(10-8-23)32(29,30)11-6-22-17(26)15-4-5-16(31-15)25(27)28/h1-5,12H,6-11H2,(H,22,26). The molecule has 1 aromatic heterocycles. The molecule has 10 nitrogen and oxygen atoms in total. The molecule has 1 aliphatic rings. The zero-order chi connectivity index (χ0) is 23.5. The smallest absolute Gasteiger partial charge is 0.395 e. The normalized spacial score (nSPS) is 15.5. The lowest BCUT2D eigenvalue weighted by molar-refractivity contribution is -0.402. The number of alkyl halides is 3. The first kappa shape index (κ1) is 23.5. The van der Waals surface area contributed by atoms with E-state index in [1.54, 1.807) is 4.90 Å². The second-order valence-corrected chi connectivity index (χ2v) is 8.99. The zero-order valence-electron chi connectivity index (χ0n) is 16.5. The van der Waals surface area contributed by atoms with Gasteiger partial charge in [0, 0.05) is 38.4 Å². The summed E-state index contributed by atoms with van der Waals surface area (Å²) in [6, 6.07) is 6.95. The van der Waals surface area contributed by atoms with Gasteiger partial charge in [-0.3, -0.25) is 14.9 Å². The van der Waals surface area contributed by atoms with E-state index in [-0.39, 0.29) is 38.5 Å². The highest BCUT2D eigenvalue weighted by Crippen LogP contribution is 2.32. The minimum atomic E-state index is -4.47. The second kappa shape index (κ2) is 9.16. The SMILES string of the molecule is O=C(NCCS(=O)(=O)N1CCN(c2cccc(C(F)(F)F)c2)CC1)c1ccc([N+](=O)[O-])o1. The third kappa shape index (κ3) is 5.56. The molecule has 0 bridgehead atoms. The number of furan rings is 1. The number of nitrogens with one attached hydrogen (secondary N) is 1. The van der Waals surface area contributed by atoms with E-state index in [0.29, 0.717) is 5.69 Å². The summed E-state index contributed by atoms with van der Waals surface area (Å²) in [6.45, 7) is 0.337. The molecule has 1 saturated heterocycles. The highest BCUT2D eigenvalue weighted by molar-refractivity contribution is 7.89. The molecule has 0 spiro atoms. The molecule has 3 rings (SSSR count). The van der Waals surface area contributed by atoms with E-state index < -0.39 is 44.2 Å². The van der Waals surface area contributed by atoms with Gasteiger partial charge >= 0.3 is 12.1 Å². The van der Waals surface area contributed by atoms with Crippen molar-refractivity contribution in [3.05, 3.63) is 57.8 Å². The van der Waals surface area contributed by atoms with Gasteiger partial charge in [0.2, 0.25) is 10.0 Å². The fourth-order valence-corrected chi connectivity index (χ4v) is 4.50. The Labute approximate surface area is 180 Å². The fraction of sp³-hybridized carbons (Fsp3) is 0.389. The van der Waals surface area contributed by atoms with Gasteiger partial charge in [-0.1, -0.05) is 6.07 Å². The summed E-state index contributed by atoms with van der Waals surface area (Å²) >= 11 is 0. The number of nitro groups is 1. The van der Waals surface area contributed by atoms with E-state index in [9.17, 15) is 36.5 Å². The molecule has 0 unspecified atom stereocenters. The maximum absolute atomic E-state index is 12.9. The lowest BCUT2D eigenvalue weighted by atomic mass is 10.1. The molecule has 32 heavy (non-hydrogen) atoms. The van der Waals surface area contributed by atoms with Crippen LogP contribution in [-0.4, -0.2) is 62.0 Å². The minimum Gasteiger partial charge on any atom is -0.395 e. The largest absolute Gasteiger partial charge is 0.433 e. The van der Waals surface area contributed by atoms with Crippen molar-refractivity contribution >= 4 is 27.5 Å². The van der Waals surface area contributed by atoms with Crippen molar-refractivity contribution in [2.45, 2.75) is 6.18 Å². The van der Waals surface area contributed by atoms with Crippen molar-refractivity contribution in [3.63, 3.8) is 0 Å². The van der Waals surface area contributed by atoms with Crippen molar-refractivity contribution in [1.82, 2.24) is 9.62 Å². The van der Waals surface area contributed by atoms with Crippen LogP contribution in [0.4, 0.5) is 24.7 Å². The van der Waals surface area contributed by atoms with Gasteiger partial charge in [0.05, 0.1) is 17.4 Å². The average Bonchev–Trinajstić information content (AvgIpc) is 3.24. The number of sulfonamides is 1. The number of carbonyl (C=O) groups excluding carboxylic acids is 1. The Bertz CT molecular complexity index is 1090. The molecule has 1 aliphatic heterocycles. The maximum atomic E-state index is 12.9. The number of rotatable bonds is 7. The lowest BCUT2D eigenvalue weighted by Crippen LogP contribution is -2.50. The molecule has 0 aliphatic carbocycles. The van der Waals surface area contributed by atoms with Crippen LogP contribution in [0.5, 0.6) is 0 Å². The zero-order valence-corrected chi connectivity index (χ0v) is 17.4. The van der Waals surface area contributed by atoms with Crippen molar-refractivity contribution in [2.24, 2.45) is 0 Å². The quantitative estimate of drug-likeness (QED) is 0.479. The summed E-state index contributed by atoms with van der Waals surface area (Å²) in [5.41, 5.74) is -0.417. The Morgan fingerprint density at radius 3 is 2.44 bits per heavy atom. The Hall–Kier alpha value is -3.13. The van der Waals surface area contributed by atoms with Crippen molar-refractivity contribution in [2.75, 3.05) is 43.4 Å². The van der Waals surface area contributed by atoms with E-state index in [1.165, 1.54) is 16.4 Å². The van der Waals surface area contributed by atoms with Gasteiger partial charge in [0.15, 0.2) is 5.76 Å². The summed E-state index contributed by atoms with van der Waals surface area (Å²) in [6.07, 6.45) is -4.47.